The number of aryl methyl sites for hydroxylation is 1. The third kappa shape index (κ3) is 6.89. The molecule has 0 saturated carbocycles. The van der Waals surface area contributed by atoms with Crippen LogP contribution in [0.3, 0.4) is 0 Å². The highest BCUT2D eigenvalue weighted by atomic mass is 35.5. The molecule has 0 heterocycles. The number of carbonyl (C=O) groups is 2. The maximum absolute atomic E-state index is 12.4. The van der Waals surface area contributed by atoms with Gasteiger partial charge in [-0.2, -0.15) is 0 Å². The van der Waals surface area contributed by atoms with Crippen LogP contribution in [-0.4, -0.2) is 17.9 Å². The minimum absolute atomic E-state index is 0.0610. The minimum Gasteiger partial charge on any atom is -0.354 e. The molecule has 2 atom stereocenters. The Labute approximate surface area is 159 Å². The molecule has 138 valence electrons. The van der Waals surface area contributed by atoms with E-state index in [1.54, 1.807) is 12.1 Å². The fourth-order valence-corrected chi connectivity index (χ4v) is 2.94. The highest BCUT2D eigenvalue weighted by Gasteiger charge is 2.18. The summed E-state index contributed by atoms with van der Waals surface area (Å²) < 4.78 is 0. The van der Waals surface area contributed by atoms with Crippen molar-refractivity contribution in [3.05, 3.63) is 70.7 Å². The number of hydrogen-bond acceptors (Lipinski definition) is 2. The Morgan fingerprint density at radius 3 is 2.27 bits per heavy atom. The van der Waals surface area contributed by atoms with Crippen LogP contribution in [0.4, 0.5) is 0 Å². The standard InChI is InChI=1S/C21H25ClN2O2/c1-15(8-9-17-6-4-3-5-7-17)23-21(26)14-20(24-16(2)25)18-10-12-19(22)13-11-18/h3-7,10-13,15,20H,8-9,14H2,1-2H3,(H,23,26)(H,24,25). The Morgan fingerprint density at radius 2 is 1.65 bits per heavy atom. The van der Waals surface area contributed by atoms with Crippen molar-refractivity contribution < 1.29 is 9.59 Å². The molecule has 5 heteroatoms. The van der Waals surface area contributed by atoms with Crippen molar-refractivity contribution in [2.75, 3.05) is 0 Å². The first-order valence-electron chi connectivity index (χ1n) is 8.80. The van der Waals surface area contributed by atoms with E-state index in [2.05, 4.69) is 22.8 Å². The number of nitrogens with one attached hydrogen (secondary N) is 2. The molecule has 2 aromatic carbocycles. The number of halogens is 1. The Balaban J connectivity index is 1.89. The summed E-state index contributed by atoms with van der Waals surface area (Å²) in [5, 5.41) is 6.47. The highest BCUT2D eigenvalue weighted by molar-refractivity contribution is 6.30. The van der Waals surface area contributed by atoms with Gasteiger partial charge in [-0.25, -0.2) is 0 Å². The van der Waals surface area contributed by atoms with E-state index in [0.29, 0.717) is 5.02 Å². The van der Waals surface area contributed by atoms with Crippen LogP contribution in [0.2, 0.25) is 5.02 Å². The molecule has 2 N–H and O–H groups in total. The largest absolute Gasteiger partial charge is 0.354 e. The topological polar surface area (TPSA) is 58.2 Å². The molecule has 0 bridgehead atoms. The van der Waals surface area contributed by atoms with Gasteiger partial charge in [0.15, 0.2) is 0 Å². The molecule has 0 aliphatic carbocycles. The third-order valence-corrected chi connectivity index (χ3v) is 4.41. The van der Waals surface area contributed by atoms with E-state index >= 15 is 0 Å². The molecule has 2 unspecified atom stereocenters. The molecular weight excluding hydrogens is 348 g/mol. The highest BCUT2D eigenvalue weighted by Crippen LogP contribution is 2.19. The van der Waals surface area contributed by atoms with Gasteiger partial charge in [0.2, 0.25) is 11.8 Å². The van der Waals surface area contributed by atoms with Crippen LogP contribution in [-0.2, 0) is 16.0 Å². The van der Waals surface area contributed by atoms with Gasteiger partial charge in [0.05, 0.1) is 12.5 Å². The van der Waals surface area contributed by atoms with E-state index in [-0.39, 0.29) is 30.3 Å². The van der Waals surface area contributed by atoms with Crippen LogP contribution in [0.5, 0.6) is 0 Å². The van der Waals surface area contributed by atoms with E-state index in [9.17, 15) is 9.59 Å². The van der Waals surface area contributed by atoms with E-state index in [1.165, 1.54) is 12.5 Å². The van der Waals surface area contributed by atoms with Crippen LogP contribution in [0.25, 0.3) is 0 Å². The van der Waals surface area contributed by atoms with Gasteiger partial charge in [-0.05, 0) is 43.0 Å². The van der Waals surface area contributed by atoms with Crippen molar-refractivity contribution >= 4 is 23.4 Å². The van der Waals surface area contributed by atoms with Crippen molar-refractivity contribution in [2.24, 2.45) is 0 Å². The first kappa shape index (κ1) is 20.0. The van der Waals surface area contributed by atoms with Crippen LogP contribution >= 0.6 is 11.6 Å². The monoisotopic (exact) mass is 372 g/mol. The summed E-state index contributed by atoms with van der Waals surface area (Å²) >= 11 is 5.92. The Hall–Kier alpha value is -2.33. The third-order valence-electron chi connectivity index (χ3n) is 4.16. The lowest BCUT2D eigenvalue weighted by Crippen LogP contribution is -2.37. The van der Waals surface area contributed by atoms with E-state index < -0.39 is 0 Å². The molecule has 0 aromatic heterocycles. The van der Waals surface area contributed by atoms with Gasteiger partial charge in [-0.3, -0.25) is 9.59 Å². The maximum atomic E-state index is 12.4. The van der Waals surface area contributed by atoms with E-state index in [0.717, 1.165) is 18.4 Å². The smallest absolute Gasteiger partial charge is 0.222 e. The van der Waals surface area contributed by atoms with Gasteiger partial charge in [-0.15, -0.1) is 0 Å². The van der Waals surface area contributed by atoms with Crippen molar-refractivity contribution in [3.8, 4) is 0 Å². The van der Waals surface area contributed by atoms with Crippen LogP contribution < -0.4 is 10.6 Å². The van der Waals surface area contributed by atoms with Gasteiger partial charge in [0.25, 0.3) is 0 Å². The average Bonchev–Trinajstić information content (AvgIpc) is 2.60. The summed E-state index contributed by atoms with van der Waals surface area (Å²) in [4.78, 5) is 23.9. The second-order valence-corrected chi connectivity index (χ2v) is 6.94. The molecule has 0 spiro atoms. The van der Waals surface area contributed by atoms with Gasteiger partial charge >= 0.3 is 0 Å². The molecule has 26 heavy (non-hydrogen) atoms. The maximum Gasteiger partial charge on any atom is 0.222 e. The summed E-state index contributed by atoms with van der Waals surface area (Å²) in [7, 11) is 0. The fourth-order valence-electron chi connectivity index (χ4n) is 2.81. The van der Waals surface area contributed by atoms with Crippen molar-refractivity contribution in [2.45, 2.75) is 45.2 Å². The molecule has 0 aliphatic heterocycles. The lowest BCUT2D eigenvalue weighted by Gasteiger charge is -2.20. The Kier molecular flexibility index (Phi) is 7.67. The zero-order valence-electron chi connectivity index (χ0n) is 15.2. The number of amides is 2. The molecular formula is C21H25ClN2O2. The first-order valence-corrected chi connectivity index (χ1v) is 9.17. The molecule has 0 saturated heterocycles. The van der Waals surface area contributed by atoms with Crippen LogP contribution in [0.15, 0.2) is 54.6 Å². The van der Waals surface area contributed by atoms with Crippen molar-refractivity contribution in [3.63, 3.8) is 0 Å². The first-order chi connectivity index (χ1) is 12.4. The van der Waals surface area contributed by atoms with Gasteiger partial charge in [0, 0.05) is 18.0 Å². The lowest BCUT2D eigenvalue weighted by atomic mass is 10.0. The van der Waals surface area contributed by atoms with Crippen molar-refractivity contribution in [1.82, 2.24) is 10.6 Å². The predicted octanol–water partition coefficient (Wildman–Crippen LogP) is 4.04. The molecule has 4 nitrogen and oxygen atoms in total. The Bertz CT molecular complexity index is 717. The van der Waals surface area contributed by atoms with Crippen molar-refractivity contribution in [1.29, 1.82) is 0 Å². The van der Waals surface area contributed by atoms with Crippen LogP contribution in [0, 0.1) is 0 Å². The van der Waals surface area contributed by atoms with Gasteiger partial charge < -0.3 is 10.6 Å². The summed E-state index contributed by atoms with van der Waals surface area (Å²) in [5.74, 6) is -0.255. The molecule has 0 fully saturated rings. The zero-order valence-corrected chi connectivity index (χ0v) is 15.9. The Morgan fingerprint density at radius 1 is 1.00 bits per heavy atom. The second kappa shape index (κ2) is 9.97. The normalized spacial score (nSPS) is 12.9. The van der Waals surface area contributed by atoms with Gasteiger partial charge in [-0.1, -0.05) is 54.1 Å². The number of rotatable bonds is 8. The van der Waals surface area contributed by atoms with E-state index in [4.69, 9.17) is 11.6 Å². The molecule has 2 amide bonds. The van der Waals surface area contributed by atoms with Gasteiger partial charge in [0.1, 0.15) is 0 Å². The quantitative estimate of drug-likeness (QED) is 0.734. The second-order valence-electron chi connectivity index (χ2n) is 6.50. The summed E-state index contributed by atoms with van der Waals surface area (Å²) in [6, 6.07) is 17.1. The fraction of sp³-hybridized carbons (Fsp3) is 0.333. The number of hydrogen-bond donors (Lipinski definition) is 2. The summed E-state index contributed by atoms with van der Waals surface area (Å²) in [5.41, 5.74) is 2.11. The molecule has 2 aromatic rings. The number of benzene rings is 2. The van der Waals surface area contributed by atoms with Crippen LogP contribution in [0.1, 0.15) is 43.9 Å². The molecule has 0 radical (unpaired) electrons. The SMILES string of the molecule is CC(=O)NC(CC(=O)NC(C)CCc1ccccc1)c1ccc(Cl)cc1. The summed E-state index contributed by atoms with van der Waals surface area (Å²) in [6.07, 6.45) is 1.97. The molecule has 0 aliphatic rings. The zero-order chi connectivity index (χ0) is 18.9. The summed E-state index contributed by atoms with van der Waals surface area (Å²) in [6.45, 7) is 3.44. The number of carbonyl (C=O) groups excluding carboxylic acids is 2. The molecule has 2 rings (SSSR count). The minimum atomic E-state index is -0.369. The van der Waals surface area contributed by atoms with E-state index in [1.807, 2.05) is 37.3 Å². The lowest BCUT2D eigenvalue weighted by molar-refractivity contribution is -0.123. The average molecular weight is 373 g/mol. The predicted molar refractivity (Wildman–Crippen MR) is 105 cm³/mol.